The van der Waals surface area contributed by atoms with Crippen LogP contribution >= 0.6 is 11.6 Å². The van der Waals surface area contributed by atoms with E-state index >= 15 is 0 Å². The van der Waals surface area contributed by atoms with E-state index in [1.165, 1.54) is 26.4 Å². The number of methoxy groups -OCH3 is 2. The summed E-state index contributed by atoms with van der Waals surface area (Å²) >= 11 is 5.88. The molecule has 6 heteroatoms. The summed E-state index contributed by atoms with van der Waals surface area (Å²) in [6.45, 7) is 0. The largest absolute Gasteiger partial charge is 0.497 e. The molecule has 3 rings (SSSR count). The van der Waals surface area contributed by atoms with Gasteiger partial charge >= 0.3 is 5.97 Å². The first-order valence-corrected chi connectivity index (χ1v) is 9.41. The summed E-state index contributed by atoms with van der Waals surface area (Å²) in [4.78, 5) is 25.5. The molecule has 0 unspecified atom stereocenters. The second kappa shape index (κ2) is 9.76. The SMILES string of the molecule is COc1ccc(C(=O)/C=C/c2ccc(Cl)cc2)c(OC(=O)c2ccccc2OC)c1. The summed E-state index contributed by atoms with van der Waals surface area (Å²) in [6.07, 6.45) is 3.07. The van der Waals surface area contributed by atoms with Gasteiger partial charge in [0.2, 0.25) is 0 Å². The summed E-state index contributed by atoms with van der Waals surface area (Å²) in [7, 11) is 2.96. The predicted molar refractivity (Wildman–Crippen MR) is 116 cm³/mol. The maximum Gasteiger partial charge on any atom is 0.347 e. The molecule has 0 fully saturated rings. The van der Waals surface area contributed by atoms with Gasteiger partial charge in [-0.2, -0.15) is 0 Å². The van der Waals surface area contributed by atoms with Crippen LogP contribution in [0.4, 0.5) is 0 Å². The number of carbonyl (C=O) groups is 2. The highest BCUT2D eigenvalue weighted by Crippen LogP contribution is 2.28. The molecule has 152 valence electrons. The molecule has 30 heavy (non-hydrogen) atoms. The summed E-state index contributed by atoms with van der Waals surface area (Å²) in [6, 6.07) is 18.4. The highest BCUT2D eigenvalue weighted by molar-refractivity contribution is 6.30. The fourth-order valence-electron chi connectivity index (χ4n) is 2.72. The average molecular weight is 423 g/mol. The van der Waals surface area contributed by atoms with Crippen molar-refractivity contribution in [3.8, 4) is 17.2 Å². The Morgan fingerprint density at radius 1 is 0.833 bits per heavy atom. The van der Waals surface area contributed by atoms with Crippen LogP contribution in [0.3, 0.4) is 0 Å². The van der Waals surface area contributed by atoms with Crippen LogP contribution in [0.25, 0.3) is 6.08 Å². The third-order valence-corrected chi connectivity index (χ3v) is 4.53. The Kier molecular flexibility index (Phi) is 6.88. The minimum atomic E-state index is -0.642. The zero-order chi connectivity index (χ0) is 21.5. The minimum Gasteiger partial charge on any atom is -0.497 e. The van der Waals surface area contributed by atoms with Crippen LogP contribution in [0.2, 0.25) is 5.02 Å². The van der Waals surface area contributed by atoms with Gasteiger partial charge in [-0.3, -0.25) is 4.79 Å². The van der Waals surface area contributed by atoms with E-state index in [9.17, 15) is 9.59 Å². The minimum absolute atomic E-state index is 0.0935. The van der Waals surface area contributed by atoms with Crippen molar-refractivity contribution in [2.24, 2.45) is 0 Å². The second-order valence-corrected chi connectivity index (χ2v) is 6.64. The number of halogens is 1. The number of ketones is 1. The maximum absolute atomic E-state index is 12.8. The molecule has 0 aliphatic rings. The Bertz CT molecular complexity index is 1090. The molecule has 0 radical (unpaired) electrons. The van der Waals surface area contributed by atoms with E-state index in [1.807, 2.05) is 0 Å². The smallest absolute Gasteiger partial charge is 0.347 e. The second-order valence-electron chi connectivity index (χ2n) is 6.20. The number of para-hydroxylation sites is 1. The molecule has 0 saturated heterocycles. The van der Waals surface area contributed by atoms with Crippen molar-refractivity contribution in [3.05, 3.63) is 94.5 Å². The van der Waals surface area contributed by atoms with Crippen LogP contribution in [0.5, 0.6) is 17.2 Å². The number of esters is 1. The monoisotopic (exact) mass is 422 g/mol. The number of benzene rings is 3. The van der Waals surface area contributed by atoms with Gasteiger partial charge in [-0.05, 0) is 48.0 Å². The molecule has 0 aromatic heterocycles. The topological polar surface area (TPSA) is 61.8 Å². The number of allylic oxidation sites excluding steroid dienone is 1. The molecular weight excluding hydrogens is 404 g/mol. The van der Waals surface area contributed by atoms with Crippen LogP contribution in [-0.4, -0.2) is 26.0 Å². The number of hydrogen-bond donors (Lipinski definition) is 0. The van der Waals surface area contributed by atoms with Crippen LogP contribution < -0.4 is 14.2 Å². The van der Waals surface area contributed by atoms with E-state index in [0.717, 1.165) is 5.56 Å². The quantitative estimate of drug-likeness (QED) is 0.218. The van der Waals surface area contributed by atoms with Crippen molar-refractivity contribution in [1.82, 2.24) is 0 Å². The lowest BCUT2D eigenvalue weighted by Crippen LogP contribution is -2.12. The van der Waals surface area contributed by atoms with Crippen molar-refractivity contribution < 1.29 is 23.8 Å². The van der Waals surface area contributed by atoms with Crippen LogP contribution in [0, 0.1) is 0 Å². The van der Waals surface area contributed by atoms with Gasteiger partial charge in [0, 0.05) is 11.1 Å². The zero-order valence-electron chi connectivity index (χ0n) is 16.4. The Hall–Kier alpha value is -3.57. The van der Waals surface area contributed by atoms with E-state index in [2.05, 4.69) is 0 Å². The van der Waals surface area contributed by atoms with E-state index in [-0.39, 0.29) is 22.7 Å². The molecule has 0 amide bonds. The lowest BCUT2D eigenvalue weighted by atomic mass is 10.1. The van der Waals surface area contributed by atoms with Crippen molar-refractivity contribution >= 4 is 29.4 Å². The molecule has 3 aromatic carbocycles. The molecule has 0 spiro atoms. The van der Waals surface area contributed by atoms with Gasteiger partial charge in [-0.1, -0.05) is 41.9 Å². The third-order valence-electron chi connectivity index (χ3n) is 4.28. The Morgan fingerprint density at radius 3 is 2.27 bits per heavy atom. The first-order valence-electron chi connectivity index (χ1n) is 9.03. The lowest BCUT2D eigenvalue weighted by molar-refractivity contribution is 0.0729. The molecule has 0 N–H and O–H groups in total. The molecule has 0 aliphatic carbocycles. The Morgan fingerprint density at radius 2 is 1.57 bits per heavy atom. The summed E-state index contributed by atoms with van der Waals surface area (Å²) in [5, 5.41) is 0.610. The van der Waals surface area contributed by atoms with Gasteiger partial charge in [-0.25, -0.2) is 4.79 Å². The average Bonchev–Trinajstić information content (AvgIpc) is 2.78. The van der Waals surface area contributed by atoms with Gasteiger partial charge in [0.15, 0.2) is 5.78 Å². The van der Waals surface area contributed by atoms with Gasteiger partial charge in [0.25, 0.3) is 0 Å². The van der Waals surface area contributed by atoms with Crippen LogP contribution in [0.1, 0.15) is 26.3 Å². The van der Waals surface area contributed by atoms with Crippen molar-refractivity contribution in [2.45, 2.75) is 0 Å². The van der Waals surface area contributed by atoms with Gasteiger partial charge in [0.1, 0.15) is 22.8 Å². The summed E-state index contributed by atoms with van der Waals surface area (Å²) < 4.78 is 15.9. The Labute approximate surface area is 179 Å². The van der Waals surface area contributed by atoms with Crippen molar-refractivity contribution in [3.63, 3.8) is 0 Å². The van der Waals surface area contributed by atoms with E-state index in [1.54, 1.807) is 66.7 Å². The van der Waals surface area contributed by atoms with Crippen LogP contribution in [0.15, 0.2) is 72.8 Å². The van der Waals surface area contributed by atoms with Crippen molar-refractivity contribution in [2.75, 3.05) is 14.2 Å². The van der Waals surface area contributed by atoms with Crippen LogP contribution in [-0.2, 0) is 0 Å². The van der Waals surface area contributed by atoms with Gasteiger partial charge in [0.05, 0.1) is 19.8 Å². The molecule has 0 bridgehead atoms. The normalized spacial score (nSPS) is 10.6. The van der Waals surface area contributed by atoms with E-state index < -0.39 is 5.97 Å². The van der Waals surface area contributed by atoms with E-state index in [4.69, 9.17) is 25.8 Å². The molecule has 0 aliphatic heterocycles. The molecule has 5 nitrogen and oxygen atoms in total. The first kappa shape index (κ1) is 21.1. The molecule has 0 saturated carbocycles. The number of carbonyl (C=O) groups excluding carboxylic acids is 2. The highest BCUT2D eigenvalue weighted by Gasteiger charge is 2.19. The number of rotatable bonds is 7. The molecular formula is C24H19ClO5. The zero-order valence-corrected chi connectivity index (χ0v) is 17.2. The summed E-state index contributed by atoms with van der Waals surface area (Å²) in [5.74, 6) is -0.0418. The third kappa shape index (κ3) is 5.07. The maximum atomic E-state index is 12.8. The highest BCUT2D eigenvalue weighted by atomic mass is 35.5. The van der Waals surface area contributed by atoms with Gasteiger partial charge in [-0.15, -0.1) is 0 Å². The van der Waals surface area contributed by atoms with E-state index in [0.29, 0.717) is 16.5 Å². The number of hydrogen-bond acceptors (Lipinski definition) is 5. The molecule has 3 aromatic rings. The fraction of sp³-hybridized carbons (Fsp3) is 0.0833. The number of ether oxygens (including phenoxy) is 3. The Balaban J connectivity index is 1.89. The lowest BCUT2D eigenvalue weighted by Gasteiger charge is -2.12. The summed E-state index contributed by atoms with van der Waals surface area (Å²) in [5.41, 5.74) is 1.29. The predicted octanol–water partition coefficient (Wildman–Crippen LogP) is 5.47. The standard InChI is InChI=1S/C24H19ClO5/c1-28-18-12-13-19(21(26)14-9-16-7-10-17(25)11-8-16)23(15-18)30-24(27)20-5-3-4-6-22(20)29-2/h3-15H,1-2H3/b14-9+. The van der Waals surface area contributed by atoms with Crippen molar-refractivity contribution in [1.29, 1.82) is 0 Å². The molecule has 0 atom stereocenters. The first-order chi connectivity index (χ1) is 14.5. The van der Waals surface area contributed by atoms with Gasteiger partial charge < -0.3 is 14.2 Å². The molecule has 0 heterocycles. The fourth-order valence-corrected chi connectivity index (χ4v) is 2.85.